The van der Waals surface area contributed by atoms with Crippen LogP contribution >= 0.6 is 0 Å². The molecule has 0 aromatic heterocycles. The molecule has 1 aliphatic rings. The third-order valence-electron chi connectivity index (χ3n) is 0.648. The molecule has 0 aliphatic carbocycles. The van der Waals surface area contributed by atoms with Crippen molar-refractivity contribution in [1.82, 2.24) is 0 Å². The summed E-state index contributed by atoms with van der Waals surface area (Å²) in [5.41, 5.74) is 0. The minimum absolute atomic E-state index is 0.562. The number of hydrogen-bond donors (Lipinski definition) is 0. The van der Waals surface area contributed by atoms with E-state index in [0.29, 0.717) is 13.2 Å². The highest BCUT2D eigenvalue weighted by Gasteiger charge is 2.05. The van der Waals surface area contributed by atoms with Crippen LogP contribution in [0.25, 0.3) is 0 Å². The second-order valence-corrected chi connectivity index (χ2v) is 2.08. The first-order valence-electron chi connectivity index (χ1n) is 4.08. The van der Waals surface area contributed by atoms with Crippen LogP contribution in [-0.2, 0) is 19.7 Å². The van der Waals surface area contributed by atoms with Gasteiger partial charge in [0, 0.05) is 0 Å². The van der Waals surface area contributed by atoms with Crippen LogP contribution in [0.15, 0.2) is 0 Å². The van der Waals surface area contributed by atoms with Crippen LogP contribution in [0.4, 0.5) is 0 Å². The van der Waals surface area contributed by atoms with Crippen LogP contribution < -0.4 is 0 Å². The summed E-state index contributed by atoms with van der Waals surface area (Å²) in [6.45, 7) is 9.12. The Hall–Kier alpha value is 0.0700. The maximum absolute atomic E-state index is 10.1. The van der Waals surface area contributed by atoms with Crippen molar-refractivity contribution in [2.24, 2.45) is 0 Å². The molecular weight excluding hydrogens is 164 g/mol. The van der Waals surface area contributed by atoms with Crippen molar-refractivity contribution in [2.75, 3.05) is 13.2 Å². The first kappa shape index (κ1) is 13.6. The van der Waals surface area contributed by atoms with E-state index in [9.17, 15) is 4.21 Å². The van der Waals surface area contributed by atoms with E-state index in [1.807, 2.05) is 27.7 Å². The van der Waals surface area contributed by atoms with Crippen molar-refractivity contribution in [1.29, 1.82) is 0 Å². The van der Waals surface area contributed by atoms with E-state index in [0.717, 1.165) is 6.42 Å². The van der Waals surface area contributed by atoms with Gasteiger partial charge in [-0.1, -0.05) is 27.7 Å². The maximum atomic E-state index is 10.1. The standard InChI is InChI=1S/C3H6O3S.2C2H6/c4-7-5-2-1-3-6-7;2*1-2/h1-3H2;2*1-2H3. The lowest BCUT2D eigenvalue weighted by Gasteiger charge is -2.07. The van der Waals surface area contributed by atoms with Gasteiger partial charge in [0.1, 0.15) is 0 Å². The molecule has 0 bridgehead atoms. The SMILES string of the molecule is CC.CC.O=S1OCCCO1. The van der Waals surface area contributed by atoms with Crippen LogP contribution in [0.2, 0.25) is 0 Å². The maximum Gasteiger partial charge on any atom is 0.304 e. The quantitative estimate of drug-likeness (QED) is 0.575. The Balaban J connectivity index is 0. The molecule has 70 valence electrons. The summed E-state index contributed by atoms with van der Waals surface area (Å²) in [4.78, 5) is 0. The zero-order valence-electron chi connectivity index (χ0n) is 7.75. The van der Waals surface area contributed by atoms with Gasteiger partial charge in [0.05, 0.1) is 13.2 Å². The summed E-state index contributed by atoms with van der Waals surface area (Å²) in [5, 5.41) is 0. The highest BCUT2D eigenvalue weighted by atomic mass is 32.2. The van der Waals surface area contributed by atoms with E-state index in [4.69, 9.17) is 0 Å². The summed E-state index contributed by atoms with van der Waals surface area (Å²) < 4.78 is 19.2. The van der Waals surface area contributed by atoms with E-state index in [2.05, 4.69) is 8.37 Å². The van der Waals surface area contributed by atoms with Gasteiger partial charge in [0.25, 0.3) is 0 Å². The molecule has 1 rings (SSSR count). The van der Waals surface area contributed by atoms with Gasteiger partial charge in [-0.15, -0.1) is 0 Å². The Morgan fingerprint density at radius 3 is 1.55 bits per heavy atom. The third kappa shape index (κ3) is 10.1. The Bertz CT molecular complexity index is 77.8. The first-order valence-corrected chi connectivity index (χ1v) is 5.08. The molecule has 1 aliphatic heterocycles. The van der Waals surface area contributed by atoms with Gasteiger partial charge < -0.3 is 0 Å². The summed E-state index contributed by atoms with van der Waals surface area (Å²) in [6, 6.07) is 0. The summed E-state index contributed by atoms with van der Waals surface area (Å²) >= 11 is -1.44. The van der Waals surface area contributed by atoms with Crippen molar-refractivity contribution in [3.05, 3.63) is 0 Å². The van der Waals surface area contributed by atoms with Crippen LogP contribution in [0.1, 0.15) is 34.1 Å². The van der Waals surface area contributed by atoms with Gasteiger partial charge in [0.2, 0.25) is 0 Å². The molecule has 1 saturated heterocycles. The lowest BCUT2D eigenvalue weighted by molar-refractivity contribution is 0.185. The van der Waals surface area contributed by atoms with Gasteiger partial charge in [-0.3, -0.25) is 8.37 Å². The second kappa shape index (κ2) is 12.7. The third-order valence-corrected chi connectivity index (χ3v) is 1.37. The Kier molecular flexibility index (Phi) is 15.8. The summed E-state index contributed by atoms with van der Waals surface area (Å²) in [6.07, 6.45) is 0.853. The molecule has 0 aromatic rings. The molecule has 4 heteroatoms. The predicted molar refractivity (Wildman–Crippen MR) is 47.4 cm³/mol. The fraction of sp³-hybridized carbons (Fsp3) is 1.00. The van der Waals surface area contributed by atoms with Gasteiger partial charge in [0.15, 0.2) is 0 Å². The smallest absolute Gasteiger partial charge is 0.268 e. The molecule has 0 amide bonds. The van der Waals surface area contributed by atoms with Crippen molar-refractivity contribution < 1.29 is 12.6 Å². The zero-order chi connectivity index (χ0) is 9.11. The molecule has 0 saturated carbocycles. The normalized spacial score (nSPS) is 17.1. The average Bonchev–Trinajstić information content (AvgIpc) is 2.13. The fourth-order valence-corrected chi connectivity index (χ4v) is 0.923. The molecule has 0 aromatic carbocycles. The highest BCUT2D eigenvalue weighted by Crippen LogP contribution is 1.98. The van der Waals surface area contributed by atoms with Crippen LogP contribution in [0.5, 0.6) is 0 Å². The van der Waals surface area contributed by atoms with Gasteiger partial charge in [-0.25, -0.2) is 0 Å². The Morgan fingerprint density at radius 2 is 1.36 bits per heavy atom. The lowest BCUT2D eigenvalue weighted by Crippen LogP contribution is -2.12. The van der Waals surface area contributed by atoms with Crippen LogP contribution in [0.3, 0.4) is 0 Å². The summed E-state index contributed by atoms with van der Waals surface area (Å²) in [5.74, 6) is 0. The van der Waals surface area contributed by atoms with E-state index in [-0.39, 0.29) is 0 Å². The monoisotopic (exact) mass is 182 g/mol. The minimum Gasteiger partial charge on any atom is -0.268 e. The average molecular weight is 182 g/mol. The molecule has 0 atom stereocenters. The lowest BCUT2D eigenvalue weighted by atomic mass is 10.5. The Morgan fingerprint density at radius 1 is 1.00 bits per heavy atom. The zero-order valence-corrected chi connectivity index (χ0v) is 8.57. The van der Waals surface area contributed by atoms with Gasteiger partial charge in [-0.2, -0.15) is 4.21 Å². The molecule has 0 radical (unpaired) electrons. The van der Waals surface area contributed by atoms with Crippen LogP contribution in [-0.4, -0.2) is 17.4 Å². The second-order valence-electron chi connectivity index (χ2n) is 1.20. The van der Waals surface area contributed by atoms with Crippen LogP contribution in [0, 0.1) is 0 Å². The topological polar surface area (TPSA) is 35.5 Å². The number of hydrogen-bond acceptors (Lipinski definition) is 3. The van der Waals surface area contributed by atoms with E-state index < -0.39 is 11.4 Å². The van der Waals surface area contributed by atoms with Crippen molar-refractivity contribution >= 4 is 11.4 Å². The van der Waals surface area contributed by atoms with Crippen molar-refractivity contribution in [3.63, 3.8) is 0 Å². The minimum atomic E-state index is -1.44. The predicted octanol–water partition coefficient (Wildman–Crippen LogP) is 2.05. The fourth-order valence-electron chi connectivity index (χ4n) is 0.347. The van der Waals surface area contributed by atoms with Crippen molar-refractivity contribution in [2.45, 2.75) is 34.1 Å². The van der Waals surface area contributed by atoms with E-state index in [1.165, 1.54) is 0 Å². The highest BCUT2D eigenvalue weighted by molar-refractivity contribution is 7.75. The number of rotatable bonds is 0. The molecule has 0 unspecified atom stereocenters. The molecule has 0 spiro atoms. The molecule has 3 nitrogen and oxygen atoms in total. The Labute approximate surface area is 72.0 Å². The molecular formula is C7H18O3S. The van der Waals surface area contributed by atoms with Gasteiger partial charge in [-0.05, 0) is 6.42 Å². The van der Waals surface area contributed by atoms with E-state index in [1.54, 1.807) is 0 Å². The molecule has 0 N–H and O–H groups in total. The van der Waals surface area contributed by atoms with Gasteiger partial charge >= 0.3 is 11.4 Å². The van der Waals surface area contributed by atoms with E-state index >= 15 is 0 Å². The molecule has 1 heterocycles. The molecule has 11 heavy (non-hydrogen) atoms. The summed E-state index contributed by atoms with van der Waals surface area (Å²) in [7, 11) is 0. The first-order chi connectivity index (χ1) is 5.39. The molecule has 1 fully saturated rings. The van der Waals surface area contributed by atoms with Crippen molar-refractivity contribution in [3.8, 4) is 0 Å². The largest absolute Gasteiger partial charge is 0.304 e.